The average Bonchev–Trinajstić information content (AvgIpc) is 3.07. The molecule has 0 radical (unpaired) electrons. The van der Waals surface area contributed by atoms with Crippen molar-refractivity contribution in [1.82, 2.24) is 10.2 Å². The van der Waals surface area contributed by atoms with Gasteiger partial charge in [0.1, 0.15) is 18.3 Å². The third-order valence-electron chi connectivity index (χ3n) is 7.86. The van der Waals surface area contributed by atoms with Gasteiger partial charge >= 0.3 is 0 Å². The molecule has 0 saturated heterocycles. The number of hydrogen-bond donors (Lipinski definition) is 1. The molecule has 0 aliphatic heterocycles. The van der Waals surface area contributed by atoms with Crippen LogP contribution in [0.15, 0.2) is 108 Å². The van der Waals surface area contributed by atoms with E-state index in [4.69, 9.17) is 16.3 Å². The van der Waals surface area contributed by atoms with Crippen LogP contribution in [-0.4, -0.2) is 50.4 Å². The number of nitrogens with zero attached hydrogens (tertiary/aromatic N) is 2. The van der Waals surface area contributed by atoms with Gasteiger partial charge in [0.15, 0.2) is 0 Å². The second-order valence-corrected chi connectivity index (χ2v) is 13.7. The van der Waals surface area contributed by atoms with Crippen molar-refractivity contribution in [1.29, 1.82) is 0 Å². The first-order chi connectivity index (χ1) is 22.5. The maximum absolute atomic E-state index is 14.7. The van der Waals surface area contributed by atoms with Crippen LogP contribution < -0.4 is 14.4 Å². The van der Waals surface area contributed by atoms with Crippen LogP contribution >= 0.6 is 11.6 Å². The monoisotopic (exact) mass is 675 g/mol. The van der Waals surface area contributed by atoms with Gasteiger partial charge < -0.3 is 15.0 Å². The summed E-state index contributed by atoms with van der Waals surface area (Å²) in [6.07, 6.45) is 0.925. The third kappa shape index (κ3) is 9.36. The van der Waals surface area contributed by atoms with Gasteiger partial charge in [0.25, 0.3) is 10.0 Å². The van der Waals surface area contributed by atoms with E-state index >= 15 is 0 Å². The van der Waals surface area contributed by atoms with Crippen molar-refractivity contribution in [3.63, 3.8) is 0 Å². The van der Waals surface area contributed by atoms with Gasteiger partial charge in [-0.05, 0) is 74.7 Å². The quantitative estimate of drug-likeness (QED) is 0.150. The maximum atomic E-state index is 14.7. The van der Waals surface area contributed by atoms with E-state index in [1.807, 2.05) is 51.1 Å². The van der Waals surface area contributed by atoms with Crippen LogP contribution in [0.3, 0.4) is 0 Å². The minimum Gasteiger partial charge on any atom is -0.492 e. The number of rotatable bonds is 15. The van der Waals surface area contributed by atoms with Gasteiger partial charge in [0.05, 0.1) is 17.2 Å². The summed E-state index contributed by atoms with van der Waals surface area (Å²) in [5, 5.41) is 3.58. The van der Waals surface area contributed by atoms with Gasteiger partial charge in [-0.1, -0.05) is 90.8 Å². The fourth-order valence-corrected chi connectivity index (χ4v) is 6.62. The Labute approximate surface area is 283 Å². The molecule has 8 nitrogen and oxygen atoms in total. The van der Waals surface area contributed by atoms with Crippen molar-refractivity contribution < 1.29 is 22.7 Å². The number of anilines is 1. The molecule has 2 atom stereocenters. The largest absolute Gasteiger partial charge is 0.492 e. The Morgan fingerprint density at radius 2 is 1.49 bits per heavy atom. The molecule has 0 aliphatic carbocycles. The van der Waals surface area contributed by atoms with Crippen molar-refractivity contribution in [3.8, 4) is 5.75 Å². The number of benzene rings is 4. The molecule has 0 aromatic heterocycles. The van der Waals surface area contributed by atoms with Crippen LogP contribution in [-0.2, 0) is 32.6 Å². The van der Waals surface area contributed by atoms with Gasteiger partial charge in [-0.3, -0.25) is 13.9 Å². The van der Waals surface area contributed by atoms with Crippen molar-refractivity contribution in [2.75, 3.05) is 17.5 Å². The van der Waals surface area contributed by atoms with E-state index < -0.39 is 28.5 Å². The molecule has 10 heteroatoms. The molecule has 4 aromatic carbocycles. The molecule has 4 aromatic rings. The van der Waals surface area contributed by atoms with E-state index in [9.17, 15) is 18.0 Å². The number of hydrogen-bond acceptors (Lipinski definition) is 5. The first kappa shape index (κ1) is 35.5. The Balaban J connectivity index is 1.84. The second kappa shape index (κ2) is 16.5. The number of carbonyl (C=O) groups is 2. The lowest BCUT2D eigenvalue weighted by Crippen LogP contribution is -2.54. The summed E-state index contributed by atoms with van der Waals surface area (Å²) in [7, 11) is -4.26. The summed E-state index contributed by atoms with van der Waals surface area (Å²) < 4.78 is 35.6. The number of halogens is 1. The van der Waals surface area contributed by atoms with E-state index in [1.165, 1.54) is 17.0 Å². The van der Waals surface area contributed by atoms with E-state index in [-0.39, 0.29) is 35.5 Å². The van der Waals surface area contributed by atoms with Gasteiger partial charge in [0, 0.05) is 24.0 Å². The molecule has 1 N–H and O–H groups in total. The molecule has 0 bridgehead atoms. The van der Waals surface area contributed by atoms with E-state index in [1.54, 1.807) is 67.6 Å². The highest BCUT2D eigenvalue weighted by Crippen LogP contribution is 2.33. The summed E-state index contributed by atoms with van der Waals surface area (Å²) in [5.74, 6) is -0.562. The second-order valence-electron chi connectivity index (χ2n) is 11.4. The molecular weight excluding hydrogens is 634 g/mol. The topological polar surface area (TPSA) is 96.0 Å². The highest BCUT2D eigenvalue weighted by Gasteiger charge is 2.35. The van der Waals surface area contributed by atoms with E-state index in [0.717, 1.165) is 21.0 Å². The number of ether oxygens (including phenoxy) is 1. The van der Waals surface area contributed by atoms with Crippen LogP contribution in [0.25, 0.3) is 0 Å². The highest BCUT2D eigenvalue weighted by atomic mass is 35.5. The maximum Gasteiger partial charge on any atom is 0.264 e. The SMILES string of the molecule is CCOc1ccccc1N(CC(=O)N(Cc1ccc(Cl)cc1)C(Cc1ccccc1)C(=O)NC(C)CC)S(=O)(=O)c1ccc(C)cc1. The van der Waals surface area contributed by atoms with E-state index in [0.29, 0.717) is 23.8 Å². The average molecular weight is 676 g/mol. The van der Waals surface area contributed by atoms with Crippen LogP contribution in [0.5, 0.6) is 5.75 Å². The predicted octanol–water partition coefficient (Wildman–Crippen LogP) is 6.80. The summed E-state index contributed by atoms with van der Waals surface area (Å²) in [5.41, 5.74) is 2.71. The Kier molecular flexibility index (Phi) is 12.4. The summed E-state index contributed by atoms with van der Waals surface area (Å²) >= 11 is 6.17. The highest BCUT2D eigenvalue weighted by molar-refractivity contribution is 7.92. The Hall–Kier alpha value is -4.34. The molecule has 0 saturated carbocycles. The predicted molar refractivity (Wildman–Crippen MR) is 187 cm³/mol. The molecule has 0 aliphatic rings. The smallest absolute Gasteiger partial charge is 0.264 e. The number of nitrogens with one attached hydrogen (secondary N) is 1. The Bertz CT molecular complexity index is 1730. The lowest BCUT2D eigenvalue weighted by molar-refractivity contribution is -0.140. The van der Waals surface area contributed by atoms with Crippen LogP contribution in [0, 0.1) is 6.92 Å². The fourth-order valence-electron chi connectivity index (χ4n) is 5.07. The van der Waals surface area contributed by atoms with Crippen LogP contribution in [0.2, 0.25) is 5.02 Å². The minimum atomic E-state index is -4.26. The molecule has 0 fully saturated rings. The molecule has 248 valence electrons. The normalized spacial score (nSPS) is 12.5. The lowest BCUT2D eigenvalue weighted by atomic mass is 10.0. The number of sulfonamides is 1. The van der Waals surface area contributed by atoms with Crippen molar-refractivity contribution in [2.45, 2.75) is 64.1 Å². The van der Waals surface area contributed by atoms with Crippen molar-refractivity contribution >= 4 is 39.1 Å². The van der Waals surface area contributed by atoms with E-state index in [2.05, 4.69) is 5.32 Å². The third-order valence-corrected chi connectivity index (χ3v) is 9.89. The number of aryl methyl sites for hydroxylation is 1. The minimum absolute atomic E-state index is 0.0294. The zero-order valence-electron chi connectivity index (χ0n) is 27.2. The number of para-hydroxylation sites is 2. The molecular formula is C37H42ClN3O5S. The van der Waals surface area contributed by atoms with Gasteiger partial charge in [-0.25, -0.2) is 8.42 Å². The molecule has 2 amide bonds. The molecule has 0 spiro atoms. The van der Waals surface area contributed by atoms with Crippen molar-refractivity contribution in [3.05, 3.63) is 125 Å². The standard InChI is InChI=1S/C37H42ClN3O5S/c1-5-28(4)39-37(43)34(24-29-12-8-7-9-13-29)40(25-30-18-20-31(38)21-19-30)36(42)26-41(33-14-10-11-15-35(33)46-6-2)47(44,45)32-22-16-27(3)17-23-32/h7-23,28,34H,5-6,24-26H2,1-4H3,(H,39,43). The van der Waals surface area contributed by atoms with Crippen LogP contribution in [0.4, 0.5) is 5.69 Å². The summed E-state index contributed by atoms with van der Waals surface area (Å²) in [6, 6.07) is 28.6. The zero-order chi connectivity index (χ0) is 34.0. The first-order valence-electron chi connectivity index (χ1n) is 15.7. The van der Waals surface area contributed by atoms with Gasteiger partial charge in [0.2, 0.25) is 11.8 Å². The molecule has 0 heterocycles. The number of amides is 2. The Morgan fingerprint density at radius 3 is 2.13 bits per heavy atom. The van der Waals surface area contributed by atoms with Gasteiger partial charge in [-0.15, -0.1) is 0 Å². The Morgan fingerprint density at radius 1 is 0.851 bits per heavy atom. The van der Waals surface area contributed by atoms with Crippen molar-refractivity contribution in [2.24, 2.45) is 0 Å². The van der Waals surface area contributed by atoms with Gasteiger partial charge in [-0.2, -0.15) is 0 Å². The molecule has 4 rings (SSSR count). The first-order valence-corrected chi connectivity index (χ1v) is 17.5. The summed E-state index contributed by atoms with van der Waals surface area (Å²) in [6.45, 7) is 7.32. The molecule has 47 heavy (non-hydrogen) atoms. The number of carbonyl (C=O) groups excluding carboxylic acids is 2. The summed E-state index contributed by atoms with van der Waals surface area (Å²) in [4.78, 5) is 30.1. The van der Waals surface area contributed by atoms with Crippen LogP contribution in [0.1, 0.15) is 43.9 Å². The zero-order valence-corrected chi connectivity index (χ0v) is 28.8. The lowest BCUT2D eigenvalue weighted by Gasteiger charge is -2.34. The fraction of sp³-hybridized carbons (Fsp3) is 0.297. The molecule has 2 unspecified atom stereocenters.